The molecule has 112 valence electrons. The summed E-state index contributed by atoms with van der Waals surface area (Å²) in [5.41, 5.74) is 4.54. The van der Waals surface area contributed by atoms with Crippen LogP contribution in [-0.2, 0) is 0 Å². The molecule has 1 aromatic carbocycles. The molecule has 0 amide bonds. The zero-order valence-corrected chi connectivity index (χ0v) is 13.1. The molecule has 21 heavy (non-hydrogen) atoms. The van der Waals surface area contributed by atoms with Gasteiger partial charge in [0.1, 0.15) is 0 Å². The van der Waals surface area contributed by atoms with Crippen LogP contribution in [0.15, 0.2) is 18.2 Å². The smallest absolute Gasteiger partial charge is 0.152 e. The maximum absolute atomic E-state index is 11.7. The minimum atomic E-state index is 0.540. The normalized spacial score (nSPS) is 18.0. The van der Waals surface area contributed by atoms with Crippen LogP contribution in [0.2, 0.25) is 0 Å². The van der Waals surface area contributed by atoms with Gasteiger partial charge in [0.25, 0.3) is 0 Å². The first-order valence-corrected chi connectivity index (χ1v) is 8.35. The van der Waals surface area contributed by atoms with E-state index >= 15 is 0 Å². The number of benzene rings is 1. The van der Waals surface area contributed by atoms with Gasteiger partial charge < -0.3 is 4.98 Å². The topological polar surface area (TPSA) is 32.9 Å². The van der Waals surface area contributed by atoms with Crippen LogP contribution in [0.1, 0.15) is 85.8 Å². The maximum Gasteiger partial charge on any atom is 0.152 e. The SMILES string of the molecule is CCC(C)c1ccc2[nH]c(C3CCCCC3)c(C=O)c2c1. The lowest BCUT2D eigenvalue weighted by atomic mass is 9.85. The molecule has 0 saturated heterocycles. The molecule has 2 aromatic rings. The summed E-state index contributed by atoms with van der Waals surface area (Å²) in [6.07, 6.45) is 8.53. The average Bonchev–Trinajstić information content (AvgIpc) is 2.92. The molecule has 2 nitrogen and oxygen atoms in total. The number of aromatic nitrogens is 1. The monoisotopic (exact) mass is 283 g/mol. The van der Waals surface area contributed by atoms with Crippen LogP contribution in [0, 0.1) is 0 Å². The van der Waals surface area contributed by atoms with Gasteiger partial charge in [-0.2, -0.15) is 0 Å². The summed E-state index contributed by atoms with van der Waals surface area (Å²) < 4.78 is 0. The lowest BCUT2D eigenvalue weighted by molar-refractivity contribution is 0.112. The first kappa shape index (κ1) is 14.4. The molecule has 1 saturated carbocycles. The number of hydrogen-bond acceptors (Lipinski definition) is 1. The second kappa shape index (κ2) is 6.05. The third-order valence-corrected chi connectivity index (χ3v) is 5.21. The first-order valence-electron chi connectivity index (χ1n) is 8.35. The Morgan fingerprint density at radius 3 is 2.71 bits per heavy atom. The van der Waals surface area contributed by atoms with Gasteiger partial charge in [0, 0.05) is 22.2 Å². The van der Waals surface area contributed by atoms with E-state index in [1.54, 1.807) is 0 Å². The molecule has 0 radical (unpaired) electrons. The largest absolute Gasteiger partial charge is 0.358 e. The van der Waals surface area contributed by atoms with Gasteiger partial charge in [0.2, 0.25) is 0 Å². The predicted molar refractivity (Wildman–Crippen MR) is 88.2 cm³/mol. The van der Waals surface area contributed by atoms with Gasteiger partial charge in [0.15, 0.2) is 6.29 Å². The fourth-order valence-corrected chi connectivity index (χ4v) is 3.63. The van der Waals surface area contributed by atoms with Crippen molar-refractivity contribution in [3.05, 3.63) is 35.0 Å². The average molecular weight is 283 g/mol. The van der Waals surface area contributed by atoms with Gasteiger partial charge in [-0.25, -0.2) is 0 Å². The highest BCUT2D eigenvalue weighted by atomic mass is 16.1. The number of aldehydes is 1. The predicted octanol–water partition coefficient (Wildman–Crippen LogP) is 5.54. The van der Waals surface area contributed by atoms with Crippen molar-refractivity contribution in [2.75, 3.05) is 0 Å². The minimum Gasteiger partial charge on any atom is -0.358 e. The zero-order chi connectivity index (χ0) is 14.8. The van der Waals surface area contributed by atoms with E-state index in [0.717, 1.165) is 29.2 Å². The Labute approximate surface area is 126 Å². The molecule has 1 aromatic heterocycles. The van der Waals surface area contributed by atoms with E-state index in [1.807, 2.05) is 0 Å². The Bertz CT molecular complexity index is 634. The highest BCUT2D eigenvalue weighted by molar-refractivity contribution is 5.99. The third-order valence-electron chi connectivity index (χ3n) is 5.21. The van der Waals surface area contributed by atoms with Crippen LogP contribution >= 0.6 is 0 Å². The van der Waals surface area contributed by atoms with E-state index in [9.17, 15) is 4.79 Å². The highest BCUT2D eigenvalue weighted by Gasteiger charge is 2.22. The van der Waals surface area contributed by atoms with Gasteiger partial charge in [-0.15, -0.1) is 0 Å². The summed E-state index contributed by atoms with van der Waals surface area (Å²) in [4.78, 5) is 15.2. The quantitative estimate of drug-likeness (QED) is 0.734. The Hall–Kier alpha value is -1.57. The number of fused-ring (bicyclic) bond motifs is 1. The number of carbonyl (C=O) groups is 1. The highest BCUT2D eigenvalue weighted by Crippen LogP contribution is 2.37. The number of nitrogens with one attached hydrogen (secondary N) is 1. The van der Waals surface area contributed by atoms with Crippen LogP contribution in [0.3, 0.4) is 0 Å². The lowest BCUT2D eigenvalue weighted by Crippen LogP contribution is -2.06. The second-order valence-electron chi connectivity index (χ2n) is 6.52. The minimum absolute atomic E-state index is 0.540. The van der Waals surface area contributed by atoms with Crippen molar-refractivity contribution in [2.45, 2.75) is 64.2 Å². The van der Waals surface area contributed by atoms with E-state index in [0.29, 0.717) is 11.8 Å². The Morgan fingerprint density at radius 1 is 1.29 bits per heavy atom. The molecular weight excluding hydrogens is 258 g/mol. The number of H-pyrrole nitrogens is 1. The summed E-state index contributed by atoms with van der Waals surface area (Å²) in [6.45, 7) is 4.45. The molecule has 2 heteroatoms. The van der Waals surface area contributed by atoms with Gasteiger partial charge in [-0.05, 0) is 48.8 Å². The summed E-state index contributed by atoms with van der Waals surface area (Å²) in [6, 6.07) is 6.57. The fraction of sp³-hybridized carbons (Fsp3) is 0.526. The first-order chi connectivity index (χ1) is 10.2. The number of hydrogen-bond donors (Lipinski definition) is 1. The van der Waals surface area contributed by atoms with Crippen molar-refractivity contribution in [2.24, 2.45) is 0 Å². The van der Waals surface area contributed by atoms with E-state index < -0.39 is 0 Å². The van der Waals surface area contributed by atoms with E-state index in [1.165, 1.54) is 43.4 Å². The molecule has 1 fully saturated rings. The Kier molecular flexibility index (Phi) is 4.14. The van der Waals surface area contributed by atoms with Gasteiger partial charge in [0.05, 0.1) is 0 Å². The molecule has 1 aliphatic carbocycles. The number of rotatable bonds is 4. The molecule has 1 N–H and O–H groups in total. The molecule has 1 heterocycles. The van der Waals surface area contributed by atoms with E-state index in [-0.39, 0.29) is 0 Å². The molecule has 0 aliphatic heterocycles. The molecule has 1 atom stereocenters. The summed E-state index contributed by atoms with van der Waals surface area (Å²) in [7, 11) is 0. The fourth-order valence-electron chi connectivity index (χ4n) is 3.63. The van der Waals surface area contributed by atoms with Crippen LogP contribution in [-0.4, -0.2) is 11.3 Å². The third kappa shape index (κ3) is 2.64. The van der Waals surface area contributed by atoms with Crippen molar-refractivity contribution in [3.63, 3.8) is 0 Å². The van der Waals surface area contributed by atoms with Crippen LogP contribution in [0.5, 0.6) is 0 Å². The Balaban J connectivity index is 2.07. The van der Waals surface area contributed by atoms with Crippen molar-refractivity contribution in [1.82, 2.24) is 4.98 Å². The van der Waals surface area contributed by atoms with Crippen molar-refractivity contribution in [1.29, 1.82) is 0 Å². The molecule has 3 rings (SSSR count). The van der Waals surface area contributed by atoms with Gasteiger partial charge in [-0.1, -0.05) is 39.2 Å². The summed E-state index contributed by atoms with van der Waals surface area (Å²) in [5.74, 6) is 1.08. The van der Waals surface area contributed by atoms with Gasteiger partial charge in [-0.3, -0.25) is 4.79 Å². The van der Waals surface area contributed by atoms with Crippen LogP contribution in [0.4, 0.5) is 0 Å². The molecule has 1 unspecified atom stereocenters. The molecule has 0 bridgehead atoms. The lowest BCUT2D eigenvalue weighted by Gasteiger charge is -2.21. The molecule has 0 spiro atoms. The van der Waals surface area contributed by atoms with Crippen molar-refractivity contribution >= 4 is 17.2 Å². The summed E-state index contributed by atoms with van der Waals surface area (Å²) in [5, 5.41) is 1.11. The molecular formula is C19H25NO. The van der Waals surface area contributed by atoms with Gasteiger partial charge >= 0.3 is 0 Å². The number of carbonyl (C=O) groups excluding carboxylic acids is 1. The summed E-state index contributed by atoms with van der Waals surface area (Å²) >= 11 is 0. The number of aromatic amines is 1. The maximum atomic E-state index is 11.7. The van der Waals surface area contributed by atoms with Crippen molar-refractivity contribution < 1.29 is 4.79 Å². The molecule has 1 aliphatic rings. The zero-order valence-electron chi connectivity index (χ0n) is 13.1. The second-order valence-corrected chi connectivity index (χ2v) is 6.52. The Morgan fingerprint density at radius 2 is 2.05 bits per heavy atom. The van der Waals surface area contributed by atoms with Crippen LogP contribution < -0.4 is 0 Å². The standard InChI is InChI=1S/C19H25NO/c1-3-13(2)15-9-10-18-16(11-15)17(12-21)19(20-18)14-7-5-4-6-8-14/h9-14,20H,3-8H2,1-2H3. The van der Waals surface area contributed by atoms with Crippen molar-refractivity contribution in [3.8, 4) is 0 Å². The van der Waals surface area contributed by atoms with Crippen LogP contribution in [0.25, 0.3) is 10.9 Å². The van der Waals surface area contributed by atoms with E-state index in [2.05, 4.69) is 37.0 Å². The van der Waals surface area contributed by atoms with E-state index in [4.69, 9.17) is 0 Å².